The smallest absolute Gasteiger partial charge is 0.375 e. The van der Waals surface area contributed by atoms with E-state index in [2.05, 4.69) is 5.32 Å². The third-order valence-electron chi connectivity index (χ3n) is 3.95. The zero-order chi connectivity index (χ0) is 19.9. The maximum Gasteiger partial charge on any atom is 0.375 e. The molecule has 144 valence electrons. The molecule has 1 amide bonds. The molecule has 0 aliphatic rings. The van der Waals surface area contributed by atoms with Crippen LogP contribution >= 0.6 is 11.3 Å². The van der Waals surface area contributed by atoms with Gasteiger partial charge in [-0.15, -0.1) is 11.3 Å². The van der Waals surface area contributed by atoms with Crippen molar-refractivity contribution in [1.29, 1.82) is 0 Å². The van der Waals surface area contributed by atoms with Crippen LogP contribution in [0.15, 0.2) is 59.2 Å². The van der Waals surface area contributed by atoms with Gasteiger partial charge in [-0.25, -0.2) is 4.79 Å². The predicted octanol–water partition coefficient (Wildman–Crippen LogP) is 3.73. The molecular weight excluding hydrogens is 378 g/mol. The number of nitrogens with one attached hydrogen (secondary N) is 1. The monoisotopic (exact) mass is 397 g/mol. The van der Waals surface area contributed by atoms with Gasteiger partial charge in [0.05, 0.1) is 11.1 Å². The number of esters is 1. The zero-order valence-electron chi connectivity index (χ0n) is 15.3. The summed E-state index contributed by atoms with van der Waals surface area (Å²) in [5.74, 6) is -0.981. The van der Waals surface area contributed by atoms with E-state index in [9.17, 15) is 14.4 Å². The summed E-state index contributed by atoms with van der Waals surface area (Å²) in [6, 6.07) is 14.6. The van der Waals surface area contributed by atoms with Crippen molar-refractivity contribution in [2.75, 3.05) is 13.2 Å². The first-order chi connectivity index (χ1) is 13.5. The number of hydrogen-bond donors (Lipinski definition) is 1. The van der Waals surface area contributed by atoms with Gasteiger partial charge in [-0.2, -0.15) is 0 Å². The Labute approximate surface area is 166 Å². The molecule has 7 heteroatoms. The summed E-state index contributed by atoms with van der Waals surface area (Å²) in [7, 11) is 0. The van der Waals surface area contributed by atoms with Crippen LogP contribution in [0, 0.1) is 0 Å². The van der Waals surface area contributed by atoms with Crippen LogP contribution in [-0.2, 0) is 16.0 Å². The van der Waals surface area contributed by atoms with Crippen molar-refractivity contribution in [2.45, 2.75) is 13.3 Å². The molecular formula is C21H19NO5S. The van der Waals surface area contributed by atoms with Gasteiger partial charge in [0.25, 0.3) is 0 Å². The molecule has 6 nitrogen and oxygen atoms in total. The third-order valence-corrected chi connectivity index (χ3v) is 5.14. The minimum absolute atomic E-state index is 0.0705. The number of Topliss-reactive ketones (excluding diaryl/α,β-unsaturated/α-hetero) is 1. The zero-order valence-corrected chi connectivity index (χ0v) is 16.1. The number of rotatable bonds is 8. The summed E-state index contributed by atoms with van der Waals surface area (Å²) in [6.45, 7) is 1.61. The van der Waals surface area contributed by atoms with Crippen LogP contribution in [0.2, 0.25) is 0 Å². The number of amides is 1. The Bertz CT molecular complexity index is 974. The van der Waals surface area contributed by atoms with Gasteiger partial charge in [0.2, 0.25) is 17.5 Å². The van der Waals surface area contributed by atoms with E-state index in [1.165, 1.54) is 24.5 Å². The fourth-order valence-corrected chi connectivity index (χ4v) is 3.54. The molecule has 0 aliphatic carbocycles. The highest BCUT2D eigenvalue weighted by Gasteiger charge is 2.20. The van der Waals surface area contributed by atoms with E-state index in [1.807, 2.05) is 36.4 Å². The number of carbonyl (C=O) groups is 3. The fourth-order valence-electron chi connectivity index (χ4n) is 2.60. The second-order valence-electron chi connectivity index (χ2n) is 6.03. The van der Waals surface area contributed by atoms with Gasteiger partial charge < -0.3 is 14.5 Å². The van der Waals surface area contributed by atoms with Gasteiger partial charge >= 0.3 is 5.97 Å². The lowest BCUT2D eigenvalue weighted by Gasteiger charge is -2.04. The van der Waals surface area contributed by atoms with Gasteiger partial charge in [-0.05, 0) is 30.2 Å². The Balaban J connectivity index is 1.57. The van der Waals surface area contributed by atoms with Crippen LogP contribution in [-0.4, -0.2) is 30.8 Å². The molecule has 0 spiro atoms. The average Bonchev–Trinajstić information content (AvgIpc) is 3.36. The number of carbonyl (C=O) groups excluding carboxylic acids is 3. The lowest BCUT2D eigenvalue weighted by Crippen LogP contribution is -2.22. The molecule has 0 fully saturated rings. The Morgan fingerprint density at radius 3 is 2.61 bits per heavy atom. The number of hydrogen-bond acceptors (Lipinski definition) is 6. The largest absolute Gasteiger partial charge is 0.457 e. The van der Waals surface area contributed by atoms with Crippen LogP contribution < -0.4 is 5.32 Å². The normalized spacial score (nSPS) is 10.5. The highest BCUT2D eigenvalue weighted by molar-refractivity contribution is 7.14. The van der Waals surface area contributed by atoms with Gasteiger partial charge in [0.1, 0.15) is 0 Å². The van der Waals surface area contributed by atoms with Crippen molar-refractivity contribution in [1.82, 2.24) is 5.32 Å². The number of ether oxygens (including phenoxy) is 1. The van der Waals surface area contributed by atoms with Crippen LogP contribution in [0.5, 0.6) is 0 Å². The molecule has 0 unspecified atom stereocenters. The van der Waals surface area contributed by atoms with Gasteiger partial charge in [-0.3, -0.25) is 9.59 Å². The molecule has 3 aromatic rings. The van der Waals surface area contributed by atoms with Crippen LogP contribution in [0.3, 0.4) is 0 Å². The summed E-state index contributed by atoms with van der Waals surface area (Å²) in [6.07, 6.45) is 2.06. The maximum atomic E-state index is 12.3. The number of ketones is 1. The topological polar surface area (TPSA) is 85.6 Å². The van der Waals surface area contributed by atoms with E-state index in [1.54, 1.807) is 12.1 Å². The Morgan fingerprint density at radius 2 is 1.86 bits per heavy atom. The van der Waals surface area contributed by atoms with Crippen molar-refractivity contribution in [3.05, 3.63) is 70.3 Å². The van der Waals surface area contributed by atoms with E-state index in [-0.39, 0.29) is 24.1 Å². The van der Waals surface area contributed by atoms with Crippen LogP contribution in [0.25, 0.3) is 11.1 Å². The molecule has 0 saturated carbocycles. The van der Waals surface area contributed by atoms with Crippen molar-refractivity contribution in [3.63, 3.8) is 0 Å². The molecule has 3 rings (SSSR count). The standard InChI is InChI=1S/C21H19NO5S/c1-14(23)22-11-9-16-7-8-19(28-16)18(24)13-27-21(25)20-17(10-12-26-20)15-5-3-2-4-6-15/h2-8,10,12H,9,11,13H2,1H3,(H,22,23). The van der Waals surface area contributed by atoms with E-state index in [4.69, 9.17) is 9.15 Å². The molecule has 0 atom stereocenters. The second kappa shape index (κ2) is 9.14. The van der Waals surface area contributed by atoms with Gasteiger partial charge in [0.15, 0.2) is 6.61 Å². The lowest BCUT2D eigenvalue weighted by atomic mass is 10.1. The Kier molecular flexibility index (Phi) is 6.39. The summed E-state index contributed by atoms with van der Waals surface area (Å²) >= 11 is 1.33. The maximum absolute atomic E-state index is 12.3. The van der Waals surface area contributed by atoms with Crippen LogP contribution in [0.4, 0.5) is 0 Å². The fraction of sp³-hybridized carbons (Fsp3) is 0.190. The molecule has 2 aromatic heterocycles. The van der Waals surface area contributed by atoms with E-state index >= 15 is 0 Å². The van der Waals surface area contributed by atoms with Crippen molar-refractivity contribution < 1.29 is 23.5 Å². The van der Waals surface area contributed by atoms with E-state index in [0.29, 0.717) is 23.4 Å². The van der Waals surface area contributed by atoms with Crippen molar-refractivity contribution in [2.24, 2.45) is 0 Å². The SMILES string of the molecule is CC(=O)NCCc1ccc(C(=O)COC(=O)c2occc2-c2ccccc2)s1. The predicted molar refractivity (Wildman–Crippen MR) is 105 cm³/mol. The van der Waals surface area contributed by atoms with Gasteiger partial charge in [0, 0.05) is 23.9 Å². The summed E-state index contributed by atoms with van der Waals surface area (Å²) in [4.78, 5) is 37.0. The highest BCUT2D eigenvalue weighted by Crippen LogP contribution is 2.25. The molecule has 0 radical (unpaired) electrons. The molecule has 1 aromatic carbocycles. The highest BCUT2D eigenvalue weighted by atomic mass is 32.1. The summed E-state index contributed by atoms with van der Waals surface area (Å²) in [5, 5.41) is 2.71. The van der Waals surface area contributed by atoms with Gasteiger partial charge in [-0.1, -0.05) is 30.3 Å². The number of furan rings is 1. The quantitative estimate of drug-likeness (QED) is 0.462. The minimum atomic E-state index is -0.681. The number of benzene rings is 1. The first-order valence-corrected chi connectivity index (χ1v) is 9.52. The molecule has 1 N–H and O–H groups in total. The molecule has 0 saturated heterocycles. The molecule has 28 heavy (non-hydrogen) atoms. The van der Waals surface area contributed by atoms with E-state index < -0.39 is 5.97 Å². The minimum Gasteiger partial charge on any atom is -0.457 e. The van der Waals surface area contributed by atoms with E-state index in [0.717, 1.165) is 10.4 Å². The first kappa shape index (κ1) is 19.6. The summed E-state index contributed by atoms with van der Waals surface area (Å²) < 4.78 is 10.4. The Hall–Kier alpha value is -3.19. The van der Waals surface area contributed by atoms with Crippen LogP contribution in [0.1, 0.15) is 32.0 Å². The third kappa shape index (κ3) is 4.95. The number of thiophene rings is 1. The summed E-state index contributed by atoms with van der Waals surface area (Å²) in [5.41, 5.74) is 1.45. The second-order valence-corrected chi connectivity index (χ2v) is 7.20. The Morgan fingerprint density at radius 1 is 1.07 bits per heavy atom. The molecule has 0 bridgehead atoms. The van der Waals surface area contributed by atoms with Crippen molar-refractivity contribution in [3.8, 4) is 11.1 Å². The first-order valence-electron chi connectivity index (χ1n) is 8.71. The molecule has 2 heterocycles. The average molecular weight is 397 g/mol. The van der Waals surface area contributed by atoms with Crippen molar-refractivity contribution >= 4 is 29.0 Å². The molecule has 0 aliphatic heterocycles. The lowest BCUT2D eigenvalue weighted by molar-refractivity contribution is -0.118.